The van der Waals surface area contributed by atoms with Crippen LogP contribution < -0.4 is 46.6 Å². The smallest absolute Gasteiger partial charge is 0.253 e. The number of methoxy groups -OCH3 is 1. The van der Waals surface area contributed by atoms with Crippen LogP contribution in [0.4, 0.5) is 13.2 Å². The highest BCUT2D eigenvalue weighted by atomic mass is 35.5. The molecule has 16 rings (SSSR count). The zero-order valence-electron chi connectivity index (χ0n) is 58.9. The maximum absolute atomic E-state index is 13.4. The largest absolute Gasteiger partial charge is 0.495 e. The lowest BCUT2D eigenvalue weighted by atomic mass is 9.74. The molecule has 0 bridgehead atoms. The van der Waals surface area contributed by atoms with E-state index in [1.807, 2.05) is 77.4 Å². The van der Waals surface area contributed by atoms with Gasteiger partial charge in [-0.1, -0.05) is 83.3 Å². The highest BCUT2D eigenvalue weighted by molar-refractivity contribution is 6.32. The molecule has 8 aromatic carbocycles. The van der Waals surface area contributed by atoms with Crippen LogP contribution in [0.5, 0.6) is 28.7 Å². The Bertz CT molecular complexity index is 4270. The number of nitrogens with zero attached hydrogens (tertiary/aromatic N) is 4. The molecular weight excluding hydrogens is 1400 g/mol. The number of halogens is 6. The zero-order valence-corrected chi connectivity index (χ0v) is 61.1. The van der Waals surface area contributed by atoms with Crippen LogP contribution >= 0.6 is 34.8 Å². The normalized spacial score (nSPS) is 17.8. The Labute approximate surface area is 624 Å². The standard InChI is InChI=1S/C21H23ClN2O3.C21H23ClN2O2.C20H20ClFN2O2.C20H20F2N2O2/c1-26-19-5-3-15(11-17(19)22)20(25)24-8-6-21(7-9-24)13-27-18-4-2-14(12-23)10-16(18)21;1-14-10-16(3-4-18(14)22)20(25)24-8-6-21(7-9-24)13-26-19-5-2-15(12-23)11-17(19)21;21-16-10-14(2-3-17(16)22)19(25)24-7-5-20(6-8-24)12-26-18-4-1-13(11-23)9-15(18)20;21-16-3-2-14(10-17(16)22)19(25)24-7-5-20(6-8-24)12-26-18-4-1-13(11-23)9-15(18)20/h2-5,10-11H,6-9,12-13,23H2,1H3;2-5,10-11H,6-9,12-13,23H2,1H3;2*1-4,9-10H,5-8,11-12,23H2. The van der Waals surface area contributed by atoms with Gasteiger partial charge in [-0.2, -0.15) is 0 Å². The number of amides is 4. The average Bonchev–Trinajstić information content (AvgIpc) is 1.65. The summed E-state index contributed by atoms with van der Waals surface area (Å²) in [6.45, 7) is 11.8. The molecule has 550 valence electrons. The summed E-state index contributed by atoms with van der Waals surface area (Å²) in [4.78, 5) is 58.4. The van der Waals surface area contributed by atoms with Crippen LogP contribution in [-0.4, -0.2) is 129 Å². The highest BCUT2D eigenvalue weighted by Gasteiger charge is 2.48. The van der Waals surface area contributed by atoms with Crippen LogP contribution in [0.15, 0.2) is 146 Å². The van der Waals surface area contributed by atoms with Crippen molar-refractivity contribution in [3.63, 3.8) is 0 Å². The van der Waals surface area contributed by atoms with Gasteiger partial charge in [0, 0.05) is 150 Å². The quantitative estimate of drug-likeness (QED) is 0.105. The lowest BCUT2D eigenvalue weighted by Crippen LogP contribution is -2.46. The van der Waals surface area contributed by atoms with E-state index in [1.165, 1.54) is 46.5 Å². The van der Waals surface area contributed by atoms with Crippen molar-refractivity contribution in [3.8, 4) is 28.7 Å². The second kappa shape index (κ2) is 31.3. The first kappa shape index (κ1) is 74.4. The fourth-order valence-electron chi connectivity index (χ4n) is 15.9. The Hall–Kier alpha value is -8.86. The van der Waals surface area contributed by atoms with E-state index in [9.17, 15) is 32.3 Å². The van der Waals surface area contributed by atoms with Gasteiger partial charge >= 0.3 is 0 Å². The lowest BCUT2D eigenvalue weighted by Gasteiger charge is -2.38. The van der Waals surface area contributed by atoms with E-state index in [-0.39, 0.29) is 55.9 Å². The second-order valence-electron chi connectivity index (χ2n) is 28.7. The summed E-state index contributed by atoms with van der Waals surface area (Å²) in [5.74, 6) is 1.53. The van der Waals surface area contributed by atoms with Crippen molar-refractivity contribution in [1.82, 2.24) is 19.6 Å². The van der Waals surface area contributed by atoms with E-state index in [2.05, 4.69) is 24.3 Å². The summed E-state index contributed by atoms with van der Waals surface area (Å²) < 4.78 is 68.6. The van der Waals surface area contributed by atoms with Crippen molar-refractivity contribution >= 4 is 58.4 Å². The number of hydrogen-bond acceptors (Lipinski definition) is 13. The van der Waals surface area contributed by atoms with Gasteiger partial charge in [0.2, 0.25) is 0 Å². The summed E-state index contributed by atoms with van der Waals surface area (Å²) in [6, 6.07) is 42.6. The minimum absolute atomic E-state index is 0.00394. The Kier molecular flexibility index (Phi) is 22.2. The number of carbonyl (C=O) groups is 4. The Morgan fingerprint density at radius 2 is 0.667 bits per heavy atom. The van der Waals surface area contributed by atoms with Gasteiger partial charge in [0.15, 0.2) is 11.6 Å². The first-order valence-corrected chi connectivity index (χ1v) is 36.8. The molecule has 0 saturated carbocycles. The number of carbonyl (C=O) groups excluding carboxylic acids is 4. The fraction of sp³-hybridized carbons (Fsp3) is 0.366. The van der Waals surface area contributed by atoms with Crippen molar-refractivity contribution in [2.75, 3.05) is 85.9 Å². The molecule has 4 saturated heterocycles. The van der Waals surface area contributed by atoms with E-state index in [0.717, 1.165) is 127 Å². The molecular formula is C82H86Cl3F3N8O9. The summed E-state index contributed by atoms with van der Waals surface area (Å²) >= 11 is 18.1. The van der Waals surface area contributed by atoms with E-state index in [0.29, 0.717) is 124 Å². The molecule has 8 N–H and O–H groups in total. The molecule has 0 unspecified atom stereocenters. The number of fused-ring (bicyclic) bond motifs is 8. The van der Waals surface area contributed by atoms with E-state index < -0.39 is 17.5 Å². The van der Waals surface area contributed by atoms with Crippen molar-refractivity contribution in [2.24, 2.45) is 22.9 Å². The molecule has 105 heavy (non-hydrogen) atoms. The number of rotatable bonds is 9. The molecule has 8 heterocycles. The topological polar surface area (TPSA) is 231 Å². The Morgan fingerprint density at radius 1 is 0.371 bits per heavy atom. The molecule has 8 aliphatic rings. The number of benzene rings is 8. The maximum atomic E-state index is 13.4. The maximum Gasteiger partial charge on any atom is 0.253 e. The van der Waals surface area contributed by atoms with Gasteiger partial charge in [0.05, 0.1) is 43.6 Å². The third-order valence-electron chi connectivity index (χ3n) is 22.6. The van der Waals surface area contributed by atoms with E-state index in [4.69, 9.17) is 81.4 Å². The molecule has 23 heteroatoms. The monoisotopic (exact) mass is 1490 g/mol. The summed E-state index contributed by atoms with van der Waals surface area (Å²) in [5, 5.41) is 1.11. The molecule has 8 aromatic rings. The van der Waals surface area contributed by atoms with E-state index in [1.54, 1.807) is 41.2 Å². The number of nitrogens with two attached hydrogens (primary N) is 4. The van der Waals surface area contributed by atoms with Gasteiger partial charge in [0.25, 0.3) is 23.6 Å². The predicted octanol–water partition coefficient (Wildman–Crippen LogP) is 13.5. The van der Waals surface area contributed by atoms with Crippen molar-refractivity contribution < 1.29 is 56.0 Å². The third-order valence-corrected chi connectivity index (χ3v) is 23.6. The minimum atomic E-state index is -1.00. The molecule has 4 amide bonds. The SMILES string of the molecule is COc1ccc(C(=O)N2CCC3(CC2)COc2ccc(CN)cc23)cc1Cl.Cc1cc(C(=O)N2CCC3(CC2)COc2ccc(CN)cc23)ccc1Cl.NCc1ccc2c(c1)C1(CCN(C(=O)c3ccc(F)c(Cl)c3)CC1)CO2.NCc1ccc2c(c1)C1(CCN(C(=O)c3ccc(F)c(F)c3)CC1)CO2. The second-order valence-corrected chi connectivity index (χ2v) is 29.9. The predicted molar refractivity (Wildman–Crippen MR) is 399 cm³/mol. The summed E-state index contributed by atoms with van der Waals surface area (Å²) in [5.41, 5.74) is 35.1. The van der Waals surface area contributed by atoms with Crippen LogP contribution in [0, 0.1) is 24.4 Å². The first-order chi connectivity index (χ1) is 50.6. The van der Waals surface area contributed by atoms with Crippen LogP contribution in [0.1, 0.15) is 143 Å². The number of likely N-dealkylation sites (tertiary alicyclic amines) is 4. The van der Waals surface area contributed by atoms with Gasteiger partial charge in [0.1, 0.15) is 34.6 Å². The Morgan fingerprint density at radius 3 is 0.962 bits per heavy atom. The highest BCUT2D eigenvalue weighted by Crippen LogP contribution is 2.50. The number of hydrogen-bond donors (Lipinski definition) is 4. The zero-order chi connectivity index (χ0) is 74.0. The van der Waals surface area contributed by atoms with Gasteiger partial charge in [-0.15, -0.1) is 0 Å². The summed E-state index contributed by atoms with van der Waals surface area (Å²) in [6.07, 6.45) is 6.77. The molecule has 8 aliphatic heterocycles. The number of piperidine rings is 4. The molecule has 4 spiro atoms. The molecule has 0 radical (unpaired) electrons. The van der Waals surface area contributed by atoms with Gasteiger partial charge in [-0.05, 0) is 183 Å². The molecule has 0 atom stereocenters. The molecule has 4 fully saturated rings. The molecule has 17 nitrogen and oxygen atoms in total. The Balaban J connectivity index is 0.000000124. The van der Waals surface area contributed by atoms with E-state index >= 15 is 0 Å². The van der Waals surface area contributed by atoms with Crippen LogP contribution in [0.25, 0.3) is 0 Å². The van der Waals surface area contributed by atoms with Crippen LogP contribution in [0.3, 0.4) is 0 Å². The summed E-state index contributed by atoms with van der Waals surface area (Å²) in [7, 11) is 1.56. The average molecular weight is 1490 g/mol. The lowest BCUT2D eigenvalue weighted by molar-refractivity contribution is 0.0639. The van der Waals surface area contributed by atoms with Gasteiger partial charge in [-0.3, -0.25) is 19.2 Å². The van der Waals surface area contributed by atoms with Gasteiger partial charge < -0.3 is 66.2 Å². The fourth-order valence-corrected chi connectivity index (χ4v) is 16.5. The molecule has 0 aliphatic carbocycles. The van der Waals surface area contributed by atoms with Crippen molar-refractivity contribution in [2.45, 2.75) is 106 Å². The number of aryl methyl sites for hydroxylation is 1. The molecule has 0 aromatic heterocycles. The van der Waals surface area contributed by atoms with Crippen LogP contribution in [-0.2, 0) is 47.8 Å². The minimum Gasteiger partial charge on any atom is -0.495 e. The van der Waals surface area contributed by atoms with Crippen LogP contribution in [0.2, 0.25) is 15.1 Å². The van der Waals surface area contributed by atoms with Crippen molar-refractivity contribution in [1.29, 1.82) is 0 Å². The van der Waals surface area contributed by atoms with Gasteiger partial charge in [-0.25, -0.2) is 13.2 Å². The van der Waals surface area contributed by atoms with Crippen molar-refractivity contribution in [3.05, 3.63) is 250 Å². The first-order valence-electron chi connectivity index (χ1n) is 35.7. The number of ether oxygens (including phenoxy) is 5. The third kappa shape index (κ3) is 15.2.